The molecule has 1 fully saturated rings. The van der Waals surface area contributed by atoms with Crippen LogP contribution < -0.4 is 5.32 Å². The van der Waals surface area contributed by atoms with Crippen LogP contribution in [-0.4, -0.2) is 87.5 Å². The number of aliphatic hydroxyl groups excluding tert-OH is 5. The Morgan fingerprint density at radius 1 is 0.486 bits per heavy atom. The Morgan fingerprint density at radius 3 is 1.33 bits per heavy atom. The molecule has 0 bridgehead atoms. The molecule has 6 N–H and O–H groups in total. The van der Waals surface area contributed by atoms with E-state index in [2.05, 4.69) is 104 Å². The number of rotatable bonds is 49. The molecule has 0 aliphatic carbocycles. The molecule has 0 aromatic heterocycles. The predicted molar refractivity (Wildman–Crippen MR) is 304 cm³/mol. The summed E-state index contributed by atoms with van der Waals surface area (Å²) in [4.78, 5) is 13.1. The van der Waals surface area contributed by atoms with Gasteiger partial charge in [0.1, 0.15) is 24.4 Å². The number of hydrogen-bond acceptors (Lipinski definition) is 8. The first kappa shape index (κ1) is 67.1. The first-order chi connectivity index (χ1) is 35.3. The Labute approximate surface area is 441 Å². The molecular weight excluding hydrogens is 899 g/mol. The summed E-state index contributed by atoms with van der Waals surface area (Å²) in [6.07, 6.45) is 67.6. The smallest absolute Gasteiger partial charge is 0.220 e. The molecule has 72 heavy (non-hydrogen) atoms. The average Bonchev–Trinajstić information content (AvgIpc) is 3.38. The van der Waals surface area contributed by atoms with Gasteiger partial charge in [-0.25, -0.2) is 0 Å². The zero-order valence-electron chi connectivity index (χ0n) is 45.9. The lowest BCUT2D eigenvalue weighted by molar-refractivity contribution is -0.302. The van der Waals surface area contributed by atoms with E-state index in [4.69, 9.17) is 9.47 Å². The number of carbonyl (C=O) groups is 1. The summed E-state index contributed by atoms with van der Waals surface area (Å²) < 4.78 is 11.3. The lowest BCUT2D eigenvalue weighted by Crippen LogP contribution is -2.60. The molecule has 0 saturated carbocycles. The Kier molecular flexibility index (Phi) is 48.1. The minimum Gasteiger partial charge on any atom is -0.394 e. The molecule has 1 aliphatic heterocycles. The summed E-state index contributed by atoms with van der Waals surface area (Å²) in [6.45, 7) is 3.64. The molecule has 0 aromatic carbocycles. The van der Waals surface area contributed by atoms with Crippen molar-refractivity contribution in [2.75, 3.05) is 13.2 Å². The Hall–Kier alpha value is -2.89. The monoisotopic (exact) mass is 1010 g/mol. The third-order valence-corrected chi connectivity index (χ3v) is 13.4. The van der Waals surface area contributed by atoms with Gasteiger partial charge in [0.05, 0.1) is 25.4 Å². The molecule has 7 atom stereocenters. The van der Waals surface area contributed by atoms with E-state index < -0.39 is 49.5 Å². The summed E-state index contributed by atoms with van der Waals surface area (Å²) in [5, 5.41) is 54.5. The molecule has 1 amide bonds. The van der Waals surface area contributed by atoms with Crippen molar-refractivity contribution in [3.63, 3.8) is 0 Å². The second-order valence-corrected chi connectivity index (χ2v) is 20.0. The lowest BCUT2D eigenvalue weighted by atomic mass is 9.99. The van der Waals surface area contributed by atoms with E-state index in [1.807, 2.05) is 6.08 Å². The Bertz CT molecular complexity index is 1450. The number of aliphatic hydroxyl groups is 5. The van der Waals surface area contributed by atoms with Crippen molar-refractivity contribution in [3.05, 3.63) is 97.2 Å². The van der Waals surface area contributed by atoms with Crippen LogP contribution in [0.4, 0.5) is 0 Å². The van der Waals surface area contributed by atoms with Gasteiger partial charge in [-0.1, -0.05) is 239 Å². The number of unbranched alkanes of at least 4 members (excludes halogenated alkanes) is 25. The molecule has 0 radical (unpaired) electrons. The third kappa shape index (κ3) is 40.5. The lowest BCUT2D eigenvalue weighted by Gasteiger charge is -2.40. The van der Waals surface area contributed by atoms with Crippen LogP contribution in [0.15, 0.2) is 97.2 Å². The van der Waals surface area contributed by atoms with E-state index in [9.17, 15) is 30.3 Å². The van der Waals surface area contributed by atoms with Gasteiger partial charge in [-0.05, 0) is 89.9 Å². The Balaban J connectivity index is 2.21. The largest absolute Gasteiger partial charge is 0.394 e. The second kappa shape index (κ2) is 51.6. The standard InChI is InChI=1S/C63H109NO8/c1-3-5-7-9-11-13-15-17-19-21-23-24-25-26-27-28-29-30-31-32-33-34-35-37-39-41-43-45-47-49-51-53-59(67)64-56(55-71-63-62(70)61(69)60(68)58(54-65)72-63)57(66)52-50-48-46-44-42-40-38-36-22-20-18-16-14-12-10-8-6-4-2/h5,7,11,13,17,19,22-24,26-27,36,42,44,50,52,56-58,60-63,65-66,68-70H,3-4,6,8-10,12,14-16,18,20-21,25,28-35,37-41,43,45-49,51,53-55H2,1-2H3,(H,64,67)/b7-5-,13-11-,19-17-,24-23-,27-26-,36-22+,44-42+,52-50+. The average molecular weight is 1010 g/mol. The number of amides is 1. The summed E-state index contributed by atoms with van der Waals surface area (Å²) in [5.74, 6) is -0.194. The molecule has 7 unspecified atom stereocenters. The van der Waals surface area contributed by atoms with Crippen molar-refractivity contribution in [2.45, 2.75) is 281 Å². The van der Waals surface area contributed by atoms with E-state index in [0.717, 1.165) is 83.5 Å². The van der Waals surface area contributed by atoms with Crippen LogP contribution in [0.3, 0.4) is 0 Å². The first-order valence-corrected chi connectivity index (χ1v) is 29.5. The minimum atomic E-state index is -1.58. The van der Waals surface area contributed by atoms with Crippen LogP contribution in [0.2, 0.25) is 0 Å². The topological polar surface area (TPSA) is 149 Å². The Morgan fingerprint density at radius 2 is 0.875 bits per heavy atom. The fourth-order valence-corrected chi connectivity index (χ4v) is 8.74. The van der Waals surface area contributed by atoms with Crippen LogP contribution in [-0.2, 0) is 14.3 Å². The van der Waals surface area contributed by atoms with Gasteiger partial charge >= 0.3 is 0 Å². The molecular formula is C63H109NO8. The van der Waals surface area contributed by atoms with Crippen LogP contribution >= 0.6 is 0 Å². The van der Waals surface area contributed by atoms with Crippen LogP contribution in [0.25, 0.3) is 0 Å². The van der Waals surface area contributed by atoms with E-state index in [1.54, 1.807) is 6.08 Å². The molecule has 414 valence electrons. The van der Waals surface area contributed by atoms with Gasteiger partial charge in [-0.3, -0.25) is 4.79 Å². The highest BCUT2D eigenvalue weighted by atomic mass is 16.7. The first-order valence-electron chi connectivity index (χ1n) is 29.5. The number of hydrogen-bond donors (Lipinski definition) is 6. The molecule has 1 aliphatic rings. The normalized spacial score (nSPS) is 19.9. The molecule has 0 aromatic rings. The number of ether oxygens (including phenoxy) is 2. The third-order valence-electron chi connectivity index (χ3n) is 13.4. The van der Waals surface area contributed by atoms with Crippen LogP contribution in [0.5, 0.6) is 0 Å². The van der Waals surface area contributed by atoms with Crippen molar-refractivity contribution in [3.8, 4) is 0 Å². The van der Waals surface area contributed by atoms with Crippen molar-refractivity contribution >= 4 is 5.91 Å². The fraction of sp³-hybridized carbons (Fsp3) is 0.730. The zero-order chi connectivity index (χ0) is 52.2. The molecule has 1 heterocycles. The van der Waals surface area contributed by atoms with Crippen LogP contribution in [0.1, 0.15) is 239 Å². The quantitative estimate of drug-likeness (QED) is 0.0261. The van der Waals surface area contributed by atoms with E-state index in [-0.39, 0.29) is 12.5 Å². The highest BCUT2D eigenvalue weighted by molar-refractivity contribution is 5.76. The number of nitrogens with one attached hydrogen (secondary N) is 1. The van der Waals surface area contributed by atoms with Gasteiger partial charge in [-0.15, -0.1) is 0 Å². The summed E-state index contributed by atoms with van der Waals surface area (Å²) in [7, 11) is 0. The van der Waals surface area contributed by atoms with Gasteiger partial charge in [0.2, 0.25) is 5.91 Å². The summed E-state index contributed by atoms with van der Waals surface area (Å²) >= 11 is 0. The highest BCUT2D eigenvalue weighted by Crippen LogP contribution is 2.23. The fourth-order valence-electron chi connectivity index (χ4n) is 8.74. The SMILES string of the molecule is CC/C=C\C/C=C\C/C=C\C/C=C\C/C=C\CCCCCCCCCCCCCCCCCC(=O)NC(COC1OC(CO)C(O)C(O)C1O)C(O)/C=C/CC/C=C/CC/C=C/CCCCCCCCCC. The second-order valence-electron chi connectivity index (χ2n) is 20.0. The molecule has 9 nitrogen and oxygen atoms in total. The van der Waals surface area contributed by atoms with Gasteiger partial charge in [0.15, 0.2) is 6.29 Å². The van der Waals surface area contributed by atoms with Crippen LogP contribution in [0, 0.1) is 0 Å². The van der Waals surface area contributed by atoms with Gasteiger partial charge < -0.3 is 40.3 Å². The number of allylic oxidation sites excluding steroid dienone is 15. The van der Waals surface area contributed by atoms with Gasteiger partial charge in [-0.2, -0.15) is 0 Å². The van der Waals surface area contributed by atoms with Gasteiger partial charge in [0.25, 0.3) is 0 Å². The molecule has 9 heteroatoms. The van der Waals surface area contributed by atoms with Crippen molar-refractivity contribution < 1.29 is 39.8 Å². The maximum atomic E-state index is 13.1. The van der Waals surface area contributed by atoms with E-state index in [1.165, 1.54) is 135 Å². The molecule has 1 rings (SSSR count). The van der Waals surface area contributed by atoms with Gasteiger partial charge in [0, 0.05) is 6.42 Å². The summed E-state index contributed by atoms with van der Waals surface area (Å²) in [5.41, 5.74) is 0. The van der Waals surface area contributed by atoms with E-state index >= 15 is 0 Å². The van der Waals surface area contributed by atoms with E-state index in [0.29, 0.717) is 6.42 Å². The van der Waals surface area contributed by atoms with Crippen molar-refractivity contribution in [2.24, 2.45) is 0 Å². The molecule has 0 spiro atoms. The van der Waals surface area contributed by atoms with Crippen molar-refractivity contribution in [1.82, 2.24) is 5.32 Å². The minimum absolute atomic E-state index is 0.194. The van der Waals surface area contributed by atoms with Crippen molar-refractivity contribution in [1.29, 1.82) is 0 Å². The molecule has 1 saturated heterocycles. The number of carbonyl (C=O) groups excluding carboxylic acids is 1. The summed E-state index contributed by atoms with van der Waals surface area (Å²) in [6, 6.07) is -0.833. The maximum Gasteiger partial charge on any atom is 0.220 e. The predicted octanol–water partition coefficient (Wildman–Crippen LogP) is 14.8. The zero-order valence-corrected chi connectivity index (χ0v) is 45.9. The maximum absolute atomic E-state index is 13.1. The highest BCUT2D eigenvalue weighted by Gasteiger charge is 2.44.